The zero-order chi connectivity index (χ0) is 21.1. The van der Waals surface area contributed by atoms with Gasteiger partial charge in [0.25, 0.3) is 0 Å². The topological polar surface area (TPSA) is 48.6 Å². The molecule has 0 amide bonds. The van der Waals surface area contributed by atoms with E-state index in [9.17, 15) is 8.78 Å². The number of ether oxygens (including phenoxy) is 1. The normalized spacial score (nSPS) is 21.8. The summed E-state index contributed by atoms with van der Waals surface area (Å²) in [5.74, 6) is 4.78. The van der Waals surface area contributed by atoms with Crippen molar-refractivity contribution in [1.82, 2.24) is 20.3 Å². The van der Waals surface area contributed by atoms with Crippen molar-refractivity contribution in [3.63, 3.8) is 0 Å². The molecule has 0 fully saturated rings. The van der Waals surface area contributed by atoms with Crippen LogP contribution in [0.25, 0.3) is 0 Å². The molecule has 0 spiro atoms. The number of dihydropyridines is 1. The lowest BCUT2D eigenvalue weighted by Crippen LogP contribution is -2.36. The van der Waals surface area contributed by atoms with Gasteiger partial charge in [-0.15, -0.1) is 0 Å². The Hall–Kier alpha value is -3.15. The van der Waals surface area contributed by atoms with Gasteiger partial charge < -0.3 is 25.0 Å². The summed E-state index contributed by atoms with van der Waals surface area (Å²) in [6, 6.07) is 3.48. The zero-order valence-corrected chi connectivity index (χ0v) is 17.2. The average molecular weight is 426 g/mol. The Balaban J connectivity index is 1.54. The van der Waals surface area contributed by atoms with E-state index in [2.05, 4.69) is 38.2 Å². The van der Waals surface area contributed by atoms with Gasteiger partial charge in [-0.05, 0) is 54.6 Å². The summed E-state index contributed by atoms with van der Waals surface area (Å²) in [7, 11) is 1.58. The van der Waals surface area contributed by atoms with Crippen molar-refractivity contribution >= 4 is 11.9 Å². The Morgan fingerprint density at radius 2 is 2.07 bits per heavy atom. The van der Waals surface area contributed by atoms with Crippen LogP contribution in [-0.2, 0) is 4.74 Å². The smallest absolute Gasteiger partial charge is 0.168 e. The summed E-state index contributed by atoms with van der Waals surface area (Å²) < 4.78 is 35.7. The molecule has 2 unspecified atom stereocenters. The highest BCUT2D eigenvalue weighted by atomic mass is 32.2. The number of nitrogens with zero attached hydrogens (tertiary/aromatic N) is 1. The number of halogens is 2. The van der Waals surface area contributed by atoms with Crippen molar-refractivity contribution in [2.24, 2.45) is 0 Å². The van der Waals surface area contributed by atoms with Gasteiger partial charge in [0.1, 0.15) is 23.5 Å². The van der Waals surface area contributed by atoms with Crippen molar-refractivity contribution in [3.8, 4) is 11.8 Å². The maximum Gasteiger partial charge on any atom is 0.168 e. The molecule has 3 N–H and O–H groups in total. The fourth-order valence-electron chi connectivity index (χ4n) is 3.21. The average Bonchev–Trinajstić information content (AvgIpc) is 3.15. The second kappa shape index (κ2) is 8.69. The lowest BCUT2D eigenvalue weighted by molar-refractivity contribution is 0.111. The summed E-state index contributed by atoms with van der Waals surface area (Å²) in [4.78, 5) is 2.36. The molecule has 154 valence electrons. The molecule has 4 rings (SSSR count). The number of benzene rings is 1. The van der Waals surface area contributed by atoms with E-state index in [1.807, 2.05) is 30.8 Å². The number of rotatable bonds is 5. The van der Waals surface area contributed by atoms with Gasteiger partial charge in [-0.1, -0.05) is 12.0 Å². The van der Waals surface area contributed by atoms with E-state index in [0.29, 0.717) is 10.6 Å². The predicted molar refractivity (Wildman–Crippen MR) is 113 cm³/mol. The molecule has 0 saturated carbocycles. The molecular weight excluding hydrogens is 406 g/mol. The van der Waals surface area contributed by atoms with Gasteiger partial charge in [-0.3, -0.25) is 0 Å². The van der Waals surface area contributed by atoms with Crippen molar-refractivity contribution in [1.29, 1.82) is 0 Å². The fourth-order valence-corrected chi connectivity index (χ4v) is 3.90. The van der Waals surface area contributed by atoms with Gasteiger partial charge in [-0.25, -0.2) is 8.78 Å². The van der Waals surface area contributed by atoms with Crippen LogP contribution < -0.4 is 15.4 Å². The van der Waals surface area contributed by atoms with Gasteiger partial charge in [-0.2, -0.15) is 0 Å². The van der Waals surface area contributed by atoms with E-state index < -0.39 is 17.9 Å². The largest absolute Gasteiger partial charge is 0.365 e. The highest BCUT2D eigenvalue weighted by molar-refractivity contribution is 7.97. The first-order valence-corrected chi connectivity index (χ1v) is 10.1. The summed E-state index contributed by atoms with van der Waals surface area (Å²) in [6.45, 7) is 1.80. The molecule has 0 aliphatic carbocycles. The predicted octanol–water partition coefficient (Wildman–Crippen LogP) is 3.45. The molecule has 0 radical (unpaired) electrons. The van der Waals surface area contributed by atoms with Gasteiger partial charge in [0.2, 0.25) is 0 Å². The minimum absolute atomic E-state index is 0.0482. The Morgan fingerprint density at radius 3 is 2.83 bits per heavy atom. The molecular formula is C22H20F2N4OS. The molecule has 2 atom stereocenters. The molecule has 1 aromatic rings. The van der Waals surface area contributed by atoms with E-state index in [4.69, 9.17) is 4.74 Å². The molecule has 0 saturated heterocycles. The van der Waals surface area contributed by atoms with Crippen LogP contribution in [0.15, 0.2) is 82.5 Å². The van der Waals surface area contributed by atoms with E-state index in [0.717, 1.165) is 34.9 Å². The minimum Gasteiger partial charge on any atom is -0.365 e. The SMILES string of the molecule is CC#CC1=CNC2C=CC(C3=CNC(OC)C(NSc4ccc(F)cc4F)=C3)=CN12. The molecule has 0 bridgehead atoms. The van der Waals surface area contributed by atoms with Gasteiger partial charge in [0.05, 0.1) is 10.6 Å². The monoisotopic (exact) mass is 426 g/mol. The molecule has 3 heterocycles. The second-order valence-electron chi connectivity index (χ2n) is 6.63. The van der Waals surface area contributed by atoms with E-state index in [1.54, 1.807) is 14.0 Å². The van der Waals surface area contributed by atoms with Crippen LogP contribution in [0, 0.1) is 23.5 Å². The number of methoxy groups -OCH3 is 1. The van der Waals surface area contributed by atoms with Crippen LogP contribution in [0.3, 0.4) is 0 Å². The molecule has 5 nitrogen and oxygen atoms in total. The Labute approximate surface area is 178 Å². The summed E-state index contributed by atoms with van der Waals surface area (Å²) in [5, 5.41) is 6.46. The van der Waals surface area contributed by atoms with Crippen LogP contribution >= 0.6 is 11.9 Å². The first-order valence-electron chi connectivity index (χ1n) is 9.25. The standard InChI is InChI=1S/C22H20F2N4OS/c1-3-4-17-12-25-21-8-5-14(13-28(17)21)15-9-19(22(29-2)26-11-15)27-30-20-7-6-16(23)10-18(20)24/h5-13,21-22,25-27H,1-2H3. The number of hydrogen-bond donors (Lipinski definition) is 3. The molecule has 30 heavy (non-hydrogen) atoms. The summed E-state index contributed by atoms with van der Waals surface area (Å²) >= 11 is 1.06. The number of allylic oxidation sites excluding steroid dienone is 5. The molecule has 3 aliphatic rings. The minimum atomic E-state index is -0.622. The fraction of sp³-hybridized carbons (Fsp3) is 0.182. The van der Waals surface area contributed by atoms with Crippen LogP contribution in [-0.4, -0.2) is 24.4 Å². The first-order chi connectivity index (χ1) is 14.6. The van der Waals surface area contributed by atoms with Crippen LogP contribution in [0.5, 0.6) is 0 Å². The quantitative estimate of drug-likeness (QED) is 0.495. The van der Waals surface area contributed by atoms with Crippen LogP contribution in [0.2, 0.25) is 0 Å². The number of nitrogens with one attached hydrogen (secondary N) is 3. The third kappa shape index (κ3) is 4.08. The highest BCUT2D eigenvalue weighted by Crippen LogP contribution is 2.29. The van der Waals surface area contributed by atoms with Crippen molar-refractivity contribution in [2.45, 2.75) is 24.2 Å². The van der Waals surface area contributed by atoms with Crippen LogP contribution in [0.4, 0.5) is 8.78 Å². The van der Waals surface area contributed by atoms with E-state index >= 15 is 0 Å². The van der Waals surface area contributed by atoms with E-state index in [1.165, 1.54) is 12.1 Å². The molecule has 8 heteroatoms. The van der Waals surface area contributed by atoms with Gasteiger partial charge in [0, 0.05) is 37.3 Å². The molecule has 3 aliphatic heterocycles. The molecule has 0 aromatic heterocycles. The van der Waals surface area contributed by atoms with Crippen LogP contribution in [0.1, 0.15) is 6.92 Å². The van der Waals surface area contributed by atoms with Crippen molar-refractivity contribution in [2.75, 3.05) is 7.11 Å². The number of hydrogen-bond acceptors (Lipinski definition) is 6. The number of fused-ring (bicyclic) bond motifs is 1. The maximum absolute atomic E-state index is 14.0. The highest BCUT2D eigenvalue weighted by Gasteiger charge is 2.26. The van der Waals surface area contributed by atoms with Gasteiger partial charge >= 0.3 is 0 Å². The zero-order valence-electron chi connectivity index (χ0n) is 16.4. The third-order valence-corrected chi connectivity index (χ3v) is 5.57. The lowest BCUT2D eigenvalue weighted by Gasteiger charge is -2.29. The van der Waals surface area contributed by atoms with E-state index in [-0.39, 0.29) is 6.17 Å². The summed E-state index contributed by atoms with van der Waals surface area (Å²) in [5.41, 5.74) is 3.52. The van der Waals surface area contributed by atoms with Crippen molar-refractivity contribution < 1.29 is 13.5 Å². The van der Waals surface area contributed by atoms with Crippen molar-refractivity contribution in [3.05, 3.63) is 89.2 Å². The Kier molecular flexibility index (Phi) is 5.84. The third-order valence-electron chi connectivity index (χ3n) is 4.68. The lowest BCUT2D eigenvalue weighted by atomic mass is 10.0. The maximum atomic E-state index is 14.0. The Bertz CT molecular complexity index is 1060. The second-order valence-corrected chi connectivity index (χ2v) is 7.48. The first kappa shape index (κ1) is 20.1. The Morgan fingerprint density at radius 1 is 1.20 bits per heavy atom. The van der Waals surface area contributed by atoms with Gasteiger partial charge in [0.15, 0.2) is 6.23 Å². The molecule has 1 aromatic carbocycles. The summed E-state index contributed by atoms with van der Waals surface area (Å²) in [6.07, 6.45) is 11.5.